The summed E-state index contributed by atoms with van der Waals surface area (Å²) in [5, 5.41) is 14.2. The zero-order valence-electron chi connectivity index (χ0n) is 20.3. The van der Waals surface area contributed by atoms with Gasteiger partial charge in [-0.05, 0) is 73.1 Å². The summed E-state index contributed by atoms with van der Waals surface area (Å²) in [6.45, 7) is 2.04. The highest BCUT2D eigenvalue weighted by molar-refractivity contribution is 6.33. The number of fused-ring (bicyclic) bond motifs is 1. The van der Waals surface area contributed by atoms with Gasteiger partial charge in [0.25, 0.3) is 0 Å². The Kier molecular flexibility index (Phi) is 6.53. The lowest BCUT2D eigenvalue weighted by Gasteiger charge is -2.39. The summed E-state index contributed by atoms with van der Waals surface area (Å²) in [6.07, 6.45) is 6.82. The Bertz CT molecular complexity index is 1340. The number of nitrogens with one attached hydrogen (secondary N) is 2. The van der Waals surface area contributed by atoms with Crippen LogP contribution < -0.4 is 5.32 Å². The molecule has 5 nitrogen and oxygen atoms in total. The van der Waals surface area contributed by atoms with E-state index >= 15 is 0 Å². The molecule has 0 atom stereocenters. The minimum absolute atomic E-state index is 0.107. The molecule has 184 valence electrons. The Hall–Kier alpha value is -3.12. The van der Waals surface area contributed by atoms with Crippen LogP contribution in [-0.4, -0.2) is 38.7 Å². The van der Waals surface area contributed by atoms with Gasteiger partial charge in [-0.1, -0.05) is 54.1 Å². The van der Waals surface area contributed by atoms with E-state index in [2.05, 4.69) is 56.6 Å². The highest BCUT2D eigenvalue weighted by atomic mass is 35.5. The molecule has 2 aliphatic rings. The SMILES string of the molecule is OC1CCC(N2CCc3c(cccc3Nc3ccc(Cl)c(-c4ncc(-c5ccccc5)[nH]4)c3)C2)CC1. The van der Waals surface area contributed by atoms with Crippen molar-refractivity contribution in [1.82, 2.24) is 14.9 Å². The van der Waals surface area contributed by atoms with Crippen molar-refractivity contribution >= 4 is 23.0 Å². The quantitative estimate of drug-likeness (QED) is 0.283. The lowest BCUT2D eigenvalue weighted by molar-refractivity contribution is 0.0678. The van der Waals surface area contributed by atoms with Crippen LogP contribution in [0, 0.1) is 0 Å². The molecule has 1 aromatic heterocycles. The molecule has 36 heavy (non-hydrogen) atoms. The van der Waals surface area contributed by atoms with Gasteiger partial charge in [0.2, 0.25) is 0 Å². The van der Waals surface area contributed by atoms with Crippen molar-refractivity contribution in [1.29, 1.82) is 0 Å². The summed E-state index contributed by atoms with van der Waals surface area (Å²) >= 11 is 6.59. The number of benzene rings is 3. The maximum absolute atomic E-state index is 9.88. The van der Waals surface area contributed by atoms with Gasteiger partial charge in [0.1, 0.15) is 5.82 Å². The minimum Gasteiger partial charge on any atom is -0.393 e. The van der Waals surface area contributed by atoms with Crippen LogP contribution in [0.2, 0.25) is 5.02 Å². The van der Waals surface area contributed by atoms with Gasteiger partial charge in [-0.2, -0.15) is 0 Å². The summed E-state index contributed by atoms with van der Waals surface area (Å²) < 4.78 is 0. The first kappa shape index (κ1) is 23.3. The Morgan fingerprint density at radius 3 is 2.64 bits per heavy atom. The smallest absolute Gasteiger partial charge is 0.139 e. The average molecular weight is 499 g/mol. The third kappa shape index (κ3) is 4.79. The third-order valence-corrected chi connectivity index (χ3v) is 7.97. The van der Waals surface area contributed by atoms with Crippen molar-refractivity contribution in [2.24, 2.45) is 0 Å². The van der Waals surface area contributed by atoms with E-state index in [0.29, 0.717) is 11.1 Å². The van der Waals surface area contributed by atoms with E-state index in [1.165, 1.54) is 11.1 Å². The van der Waals surface area contributed by atoms with Crippen LogP contribution >= 0.6 is 11.6 Å². The number of aliphatic hydroxyl groups excluding tert-OH is 1. The lowest BCUT2D eigenvalue weighted by Crippen LogP contribution is -2.42. The number of aromatic nitrogens is 2. The van der Waals surface area contributed by atoms with Gasteiger partial charge in [-0.3, -0.25) is 4.90 Å². The molecule has 0 saturated heterocycles. The number of rotatable bonds is 5. The topological polar surface area (TPSA) is 64.2 Å². The van der Waals surface area contributed by atoms with Crippen LogP contribution in [0.5, 0.6) is 0 Å². The molecule has 3 N–H and O–H groups in total. The first-order valence-corrected chi connectivity index (χ1v) is 13.2. The molecular formula is C30H31ClN4O. The number of imidazole rings is 1. The molecule has 6 rings (SSSR count). The number of halogens is 1. The number of nitrogens with zero attached hydrogens (tertiary/aromatic N) is 2. The van der Waals surface area contributed by atoms with Crippen molar-refractivity contribution < 1.29 is 5.11 Å². The van der Waals surface area contributed by atoms with Crippen LogP contribution in [0.15, 0.2) is 72.9 Å². The molecule has 0 bridgehead atoms. The minimum atomic E-state index is -0.107. The van der Waals surface area contributed by atoms with Crippen molar-refractivity contribution in [3.63, 3.8) is 0 Å². The first-order valence-electron chi connectivity index (χ1n) is 12.8. The fraction of sp³-hybridized carbons (Fsp3) is 0.300. The fourth-order valence-corrected chi connectivity index (χ4v) is 5.85. The van der Waals surface area contributed by atoms with Gasteiger partial charge >= 0.3 is 0 Å². The monoisotopic (exact) mass is 498 g/mol. The highest BCUT2D eigenvalue weighted by Gasteiger charge is 2.28. The first-order chi connectivity index (χ1) is 17.6. The molecular weight excluding hydrogens is 468 g/mol. The van der Waals surface area contributed by atoms with E-state index in [-0.39, 0.29) is 6.10 Å². The van der Waals surface area contributed by atoms with Gasteiger partial charge in [0.05, 0.1) is 23.0 Å². The van der Waals surface area contributed by atoms with E-state index in [1.54, 1.807) is 0 Å². The van der Waals surface area contributed by atoms with E-state index in [9.17, 15) is 5.11 Å². The molecule has 6 heteroatoms. The molecule has 1 saturated carbocycles. The van der Waals surface area contributed by atoms with Crippen LogP contribution in [-0.2, 0) is 13.0 Å². The molecule has 1 fully saturated rings. The number of aromatic amines is 1. The summed E-state index contributed by atoms with van der Waals surface area (Å²) in [7, 11) is 0. The average Bonchev–Trinajstić information content (AvgIpc) is 3.41. The van der Waals surface area contributed by atoms with Crippen LogP contribution in [0.4, 0.5) is 11.4 Å². The van der Waals surface area contributed by atoms with Gasteiger partial charge < -0.3 is 15.4 Å². The van der Waals surface area contributed by atoms with E-state index in [0.717, 1.165) is 79.2 Å². The fourth-order valence-electron chi connectivity index (χ4n) is 5.65. The van der Waals surface area contributed by atoms with Crippen molar-refractivity contribution in [2.75, 3.05) is 11.9 Å². The molecule has 2 heterocycles. The predicted molar refractivity (Wildman–Crippen MR) is 147 cm³/mol. The third-order valence-electron chi connectivity index (χ3n) is 7.64. The lowest BCUT2D eigenvalue weighted by atomic mass is 9.89. The molecule has 1 aliphatic heterocycles. The maximum atomic E-state index is 9.88. The van der Waals surface area contributed by atoms with Crippen LogP contribution in [0.25, 0.3) is 22.6 Å². The van der Waals surface area contributed by atoms with Crippen molar-refractivity contribution in [3.05, 3.63) is 89.1 Å². The molecule has 0 radical (unpaired) electrons. The van der Waals surface area contributed by atoms with E-state index in [4.69, 9.17) is 11.6 Å². The number of aliphatic hydroxyl groups is 1. The van der Waals surface area contributed by atoms with Gasteiger partial charge in [0, 0.05) is 36.1 Å². The zero-order chi connectivity index (χ0) is 24.5. The second-order valence-electron chi connectivity index (χ2n) is 9.96. The molecule has 4 aromatic rings. The van der Waals surface area contributed by atoms with Crippen molar-refractivity contribution in [3.8, 4) is 22.6 Å². The number of anilines is 2. The summed E-state index contributed by atoms with van der Waals surface area (Å²) in [5.41, 5.74) is 7.87. The Morgan fingerprint density at radius 1 is 0.972 bits per heavy atom. The summed E-state index contributed by atoms with van der Waals surface area (Å²) in [6, 6.07) is 23.4. The largest absolute Gasteiger partial charge is 0.393 e. The number of hydrogen-bond acceptors (Lipinski definition) is 4. The predicted octanol–water partition coefficient (Wildman–Crippen LogP) is 6.80. The van der Waals surface area contributed by atoms with Crippen molar-refractivity contribution in [2.45, 2.75) is 50.8 Å². The summed E-state index contributed by atoms with van der Waals surface area (Å²) in [4.78, 5) is 10.6. The van der Waals surface area contributed by atoms with Gasteiger partial charge in [-0.25, -0.2) is 4.98 Å². The van der Waals surface area contributed by atoms with Gasteiger partial charge in [0.15, 0.2) is 0 Å². The second-order valence-corrected chi connectivity index (χ2v) is 10.4. The number of H-pyrrole nitrogens is 1. The van der Waals surface area contributed by atoms with E-state index in [1.807, 2.05) is 36.5 Å². The Balaban J connectivity index is 1.22. The highest BCUT2D eigenvalue weighted by Crippen LogP contribution is 2.35. The molecule has 0 amide bonds. The number of hydrogen-bond donors (Lipinski definition) is 3. The van der Waals surface area contributed by atoms with E-state index < -0.39 is 0 Å². The zero-order valence-corrected chi connectivity index (χ0v) is 21.0. The second kappa shape index (κ2) is 10.1. The normalized spacial score (nSPS) is 20.2. The summed E-state index contributed by atoms with van der Waals surface area (Å²) in [5.74, 6) is 0.755. The van der Waals surface area contributed by atoms with Gasteiger partial charge in [-0.15, -0.1) is 0 Å². The molecule has 1 aliphatic carbocycles. The van der Waals surface area contributed by atoms with Crippen LogP contribution in [0.3, 0.4) is 0 Å². The molecule has 3 aromatic carbocycles. The Morgan fingerprint density at radius 2 is 1.81 bits per heavy atom. The van der Waals surface area contributed by atoms with Crippen LogP contribution in [0.1, 0.15) is 36.8 Å². The molecule has 0 unspecified atom stereocenters. The standard InChI is InChI=1S/C30H31ClN4O/c31-27-14-9-22(17-26(27)30-32-18-29(34-30)20-5-2-1-3-6-20)33-28-8-4-7-21-19-35(16-15-25(21)28)23-10-12-24(36)13-11-23/h1-9,14,17-18,23-24,33,36H,10-13,15-16,19H2,(H,32,34). The Labute approximate surface area is 217 Å². The molecule has 0 spiro atoms. The maximum Gasteiger partial charge on any atom is 0.139 e.